The summed E-state index contributed by atoms with van der Waals surface area (Å²) < 4.78 is 26.6. The van der Waals surface area contributed by atoms with Crippen molar-refractivity contribution in [2.75, 3.05) is 0 Å². The lowest BCUT2D eigenvalue weighted by atomic mass is 9.95. The van der Waals surface area contributed by atoms with Crippen LogP contribution in [-0.4, -0.2) is 5.96 Å². The fourth-order valence-electron chi connectivity index (χ4n) is 3.35. The third-order valence-corrected chi connectivity index (χ3v) is 5.47. The molecule has 0 fully saturated rings. The van der Waals surface area contributed by atoms with E-state index in [9.17, 15) is 8.78 Å². The Labute approximate surface area is 177 Å². The molecule has 2 N–H and O–H groups in total. The van der Waals surface area contributed by atoms with E-state index in [-0.39, 0.29) is 18.6 Å². The van der Waals surface area contributed by atoms with Gasteiger partial charge < -0.3 is 10.6 Å². The van der Waals surface area contributed by atoms with Gasteiger partial charge in [-0.2, -0.15) is 0 Å². The number of rotatable bonds is 4. The van der Waals surface area contributed by atoms with Crippen molar-refractivity contribution in [2.24, 2.45) is 4.99 Å². The van der Waals surface area contributed by atoms with Crippen molar-refractivity contribution < 1.29 is 8.78 Å². The van der Waals surface area contributed by atoms with E-state index in [1.54, 1.807) is 0 Å². The maximum atomic E-state index is 13.5. The van der Waals surface area contributed by atoms with E-state index in [0.717, 1.165) is 23.3 Å². The van der Waals surface area contributed by atoms with Crippen LogP contribution < -0.4 is 10.6 Å². The molecule has 3 aromatic carbocycles. The minimum absolute atomic E-state index is 0.226. The number of hydrogen-bond acceptors (Lipinski definition) is 3. The maximum Gasteiger partial charge on any atom is 0.192 e. The minimum atomic E-state index is -0.881. The van der Waals surface area contributed by atoms with Gasteiger partial charge in [-0.05, 0) is 41.0 Å². The van der Waals surface area contributed by atoms with Crippen LogP contribution >= 0.6 is 23.2 Å². The van der Waals surface area contributed by atoms with E-state index >= 15 is 0 Å². The largest absolute Gasteiger partial charge is 0.352 e. The van der Waals surface area contributed by atoms with Gasteiger partial charge in [0, 0.05) is 16.6 Å². The van der Waals surface area contributed by atoms with Crippen LogP contribution in [0.3, 0.4) is 0 Å². The second kappa shape index (κ2) is 8.39. The molecule has 29 heavy (non-hydrogen) atoms. The highest BCUT2D eigenvalue weighted by Gasteiger charge is 2.33. The molecule has 3 aromatic rings. The van der Waals surface area contributed by atoms with Crippen molar-refractivity contribution in [1.29, 1.82) is 0 Å². The van der Waals surface area contributed by atoms with Gasteiger partial charge in [0.15, 0.2) is 17.6 Å². The molecule has 1 aliphatic heterocycles. The van der Waals surface area contributed by atoms with Gasteiger partial charge in [0.2, 0.25) is 0 Å². The van der Waals surface area contributed by atoms with Crippen LogP contribution in [0.2, 0.25) is 10.0 Å². The van der Waals surface area contributed by atoms with E-state index in [0.29, 0.717) is 21.6 Å². The summed E-state index contributed by atoms with van der Waals surface area (Å²) in [7, 11) is 0. The van der Waals surface area contributed by atoms with Crippen molar-refractivity contribution >= 4 is 29.2 Å². The highest BCUT2D eigenvalue weighted by atomic mass is 35.5. The molecule has 0 spiro atoms. The second-order valence-electron chi connectivity index (χ2n) is 6.69. The summed E-state index contributed by atoms with van der Waals surface area (Å²) in [6.07, 6.45) is 0. The Balaban J connectivity index is 1.61. The quantitative estimate of drug-likeness (QED) is 0.547. The first-order valence-corrected chi connectivity index (χ1v) is 9.79. The zero-order valence-electron chi connectivity index (χ0n) is 15.2. The molecular formula is C22H17Cl2F2N3. The Bertz CT molecular complexity index is 1070. The lowest BCUT2D eigenvalue weighted by Gasteiger charge is -2.21. The normalized spacial score (nSPS) is 18.3. The number of nitrogens with zero attached hydrogens (tertiary/aromatic N) is 1. The Morgan fingerprint density at radius 3 is 2.17 bits per heavy atom. The number of guanidine groups is 1. The number of benzene rings is 3. The highest BCUT2D eigenvalue weighted by molar-refractivity contribution is 6.32. The van der Waals surface area contributed by atoms with Gasteiger partial charge in [-0.1, -0.05) is 65.7 Å². The number of aliphatic imine (C=N–C) groups is 1. The molecule has 0 bridgehead atoms. The second-order valence-corrected chi connectivity index (χ2v) is 7.50. The van der Waals surface area contributed by atoms with Crippen LogP contribution in [0.1, 0.15) is 28.8 Å². The summed E-state index contributed by atoms with van der Waals surface area (Å²) in [6.45, 7) is 0.285. The van der Waals surface area contributed by atoms with Gasteiger partial charge in [0.1, 0.15) is 6.04 Å². The van der Waals surface area contributed by atoms with E-state index in [2.05, 4.69) is 10.6 Å². The van der Waals surface area contributed by atoms with Gasteiger partial charge in [-0.3, -0.25) is 0 Å². The Kier molecular flexibility index (Phi) is 5.69. The smallest absolute Gasteiger partial charge is 0.192 e. The van der Waals surface area contributed by atoms with Gasteiger partial charge in [-0.15, -0.1) is 0 Å². The van der Waals surface area contributed by atoms with Crippen LogP contribution in [0.4, 0.5) is 8.78 Å². The Hall–Kier alpha value is -2.63. The van der Waals surface area contributed by atoms with Gasteiger partial charge >= 0.3 is 0 Å². The zero-order chi connectivity index (χ0) is 20.4. The molecule has 1 heterocycles. The number of hydrogen-bond donors (Lipinski definition) is 2. The average Bonchev–Trinajstić information content (AvgIpc) is 3.13. The predicted molar refractivity (Wildman–Crippen MR) is 112 cm³/mol. The standard InChI is InChI=1S/C22H17Cl2F2N3/c23-16-7-3-1-5-14(16)20-21(15-6-2-4-8-17(15)24)29-22(28-20)27-12-13-9-10-18(25)19(26)11-13/h1-11,20-21H,12H2,(H2,27,28,29)/t20-,21+. The molecule has 7 heteroatoms. The van der Waals surface area contributed by atoms with Crippen molar-refractivity contribution in [3.63, 3.8) is 0 Å². The first-order chi connectivity index (χ1) is 14.0. The molecule has 0 aromatic heterocycles. The van der Waals surface area contributed by atoms with Crippen LogP contribution in [0, 0.1) is 11.6 Å². The first-order valence-electron chi connectivity index (χ1n) is 9.04. The molecule has 0 saturated heterocycles. The first kappa shape index (κ1) is 19.7. The predicted octanol–water partition coefficient (Wildman–Crippen LogP) is 5.80. The minimum Gasteiger partial charge on any atom is -0.352 e. The molecular weight excluding hydrogens is 415 g/mol. The van der Waals surface area contributed by atoms with Crippen LogP contribution in [-0.2, 0) is 6.54 Å². The van der Waals surface area contributed by atoms with E-state index in [1.165, 1.54) is 6.07 Å². The zero-order valence-corrected chi connectivity index (χ0v) is 16.7. The number of halogens is 4. The van der Waals surface area contributed by atoms with Crippen molar-refractivity contribution in [3.05, 3.63) is 105 Å². The molecule has 2 atom stereocenters. The third kappa shape index (κ3) is 4.21. The third-order valence-electron chi connectivity index (χ3n) is 4.78. The number of nitrogens with one attached hydrogen (secondary N) is 2. The summed E-state index contributed by atoms with van der Waals surface area (Å²) in [6, 6.07) is 18.4. The Morgan fingerprint density at radius 1 is 0.862 bits per heavy atom. The summed E-state index contributed by atoms with van der Waals surface area (Å²) in [5.41, 5.74) is 2.37. The molecule has 4 rings (SSSR count). The lowest BCUT2D eigenvalue weighted by molar-refractivity contribution is 0.506. The molecule has 0 unspecified atom stereocenters. The van der Waals surface area contributed by atoms with E-state index in [1.807, 2.05) is 48.5 Å². The monoisotopic (exact) mass is 431 g/mol. The molecule has 0 radical (unpaired) electrons. The van der Waals surface area contributed by atoms with Crippen LogP contribution in [0.15, 0.2) is 71.7 Å². The van der Waals surface area contributed by atoms with Gasteiger partial charge in [-0.25, -0.2) is 13.8 Å². The van der Waals surface area contributed by atoms with Crippen molar-refractivity contribution in [2.45, 2.75) is 18.6 Å². The topological polar surface area (TPSA) is 36.4 Å². The fraction of sp³-hybridized carbons (Fsp3) is 0.136. The van der Waals surface area contributed by atoms with Gasteiger partial charge in [0.25, 0.3) is 0 Å². The lowest BCUT2D eigenvalue weighted by Crippen LogP contribution is -2.35. The molecule has 3 nitrogen and oxygen atoms in total. The molecule has 0 aliphatic carbocycles. The molecule has 0 amide bonds. The van der Waals surface area contributed by atoms with Gasteiger partial charge in [0.05, 0.1) is 6.04 Å². The summed E-state index contributed by atoms with van der Waals surface area (Å²) in [5.74, 6) is -1.22. The van der Waals surface area contributed by atoms with E-state index < -0.39 is 11.6 Å². The fourth-order valence-corrected chi connectivity index (χ4v) is 3.85. The van der Waals surface area contributed by atoms with E-state index in [4.69, 9.17) is 28.2 Å². The summed E-state index contributed by atoms with van der Waals surface area (Å²) >= 11 is 12.9. The Morgan fingerprint density at radius 2 is 1.52 bits per heavy atom. The van der Waals surface area contributed by atoms with Crippen LogP contribution in [0.25, 0.3) is 0 Å². The average molecular weight is 432 g/mol. The molecule has 1 aliphatic rings. The maximum absolute atomic E-state index is 13.5. The van der Waals surface area contributed by atoms with Crippen LogP contribution in [0.5, 0.6) is 0 Å². The van der Waals surface area contributed by atoms with Crippen molar-refractivity contribution in [1.82, 2.24) is 10.6 Å². The SMILES string of the molecule is Fc1ccc(CNC2=N[C@@H](c3ccccc3Cl)[C@@H](c3ccccc3Cl)N2)cc1F. The molecule has 148 valence electrons. The summed E-state index contributed by atoms with van der Waals surface area (Å²) in [5, 5.41) is 7.73. The summed E-state index contributed by atoms with van der Waals surface area (Å²) in [4.78, 5) is 4.76. The highest BCUT2D eigenvalue weighted by Crippen LogP contribution is 2.40. The van der Waals surface area contributed by atoms with Crippen molar-refractivity contribution in [3.8, 4) is 0 Å². The molecule has 0 saturated carbocycles.